The van der Waals surface area contributed by atoms with Gasteiger partial charge in [0.25, 0.3) is 5.91 Å². The van der Waals surface area contributed by atoms with Gasteiger partial charge in [-0.05, 0) is 43.5 Å². The predicted octanol–water partition coefficient (Wildman–Crippen LogP) is 0.603. The molecule has 1 saturated heterocycles. The van der Waals surface area contributed by atoms with Crippen molar-refractivity contribution < 1.29 is 9.59 Å². The third-order valence-electron chi connectivity index (χ3n) is 4.71. The lowest BCUT2D eigenvalue weighted by atomic mass is 9.96. The maximum Gasteiger partial charge on any atom is 0.319 e. The van der Waals surface area contributed by atoms with Crippen LogP contribution < -0.4 is 10.6 Å². The molecule has 130 valence electrons. The van der Waals surface area contributed by atoms with Gasteiger partial charge in [-0.2, -0.15) is 0 Å². The van der Waals surface area contributed by atoms with E-state index in [2.05, 4.69) is 15.6 Å². The highest BCUT2D eigenvalue weighted by molar-refractivity contribution is 5.96. The first-order valence-electron chi connectivity index (χ1n) is 8.50. The molecule has 7 nitrogen and oxygen atoms in total. The zero-order chi connectivity index (χ0) is 17.1. The molecule has 24 heavy (non-hydrogen) atoms. The zero-order valence-corrected chi connectivity index (χ0v) is 14.3. The Morgan fingerprint density at radius 2 is 2.04 bits per heavy atom. The lowest BCUT2D eigenvalue weighted by Crippen LogP contribution is -2.44. The number of urea groups is 1. The van der Waals surface area contributed by atoms with Crippen molar-refractivity contribution in [3.05, 3.63) is 29.1 Å². The van der Waals surface area contributed by atoms with Gasteiger partial charge >= 0.3 is 6.03 Å². The van der Waals surface area contributed by atoms with Crippen molar-refractivity contribution in [1.29, 1.82) is 0 Å². The van der Waals surface area contributed by atoms with E-state index in [1.807, 2.05) is 0 Å². The fourth-order valence-electron chi connectivity index (χ4n) is 3.36. The standard InChI is InChI=1S/C17H25N5O2/c1-21(2)17(24)22-8-5-14-12(11-22)9-19-10-15(14)16(23)20-13-3-6-18-7-4-13/h9-10,13,18H,3-8,11H2,1-2H3,(H,20,23). The van der Waals surface area contributed by atoms with E-state index in [1.54, 1.807) is 36.3 Å². The number of nitrogens with zero attached hydrogens (tertiary/aromatic N) is 3. The molecule has 0 atom stereocenters. The first-order valence-corrected chi connectivity index (χ1v) is 8.50. The number of amides is 3. The van der Waals surface area contributed by atoms with Gasteiger partial charge in [0.2, 0.25) is 0 Å². The quantitative estimate of drug-likeness (QED) is 0.832. The second-order valence-electron chi connectivity index (χ2n) is 6.67. The molecule has 0 aliphatic carbocycles. The second kappa shape index (κ2) is 7.17. The molecule has 3 rings (SSSR count). The molecule has 0 aromatic carbocycles. The number of aromatic nitrogens is 1. The van der Waals surface area contributed by atoms with E-state index in [9.17, 15) is 9.59 Å². The smallest absolute Gasteiger partial charge is 0.319 e. The molecule has 0 unspecified atom stereocenters. The second-order valence-corrected chi connectivity index (χ2v) is 6.67. The van der Waals surface area contributed by atoms with Gasteiger partial charge in [-0.1, -0.05) is 0 Å². The number of nitrogens with one attached hydrogen (secondary N) is 2. The summed E-state index contributed by atoms with van der Waals surface area (Å²) < 4.78 is 0. The Balaban J connectivity index is 1.74. The summed E-state index contributed by atoms with van der Waals surface area (Å²) in [4.78, 5) is 32.4. The van der Waals surface area contributed by atoms with Crippen LogP contribution in [0, 0.1) is 0 Å². The monoisotopic (exact) mass is 331 g/mol. The molecular formula is C17H25N5O2. The lowest BCUT2D eigenvalue weighted by molar-refractivity contribution is 0.0927. The molecule has 3 amide bonds. The van der Waals surface area contributed by atoms with E-state index in [4.69, 9.17) is 0 Å². The minimum atomic E-state index is -0.0429. The van der Waals surface area contributed by atoms with Gasteiger partial charge in [0.1, 0.15) is 0 Å². The van der Waals surface area contributed by atoms with Crippen LogP contribution in [-0.2, 0) is 13.0 Å². The molecule has 2 N–H and O–H groups in total. The van der Waals surface area contributed by atoms with Crippen LogP contribution >= 0.6 is 0 Å². The molecule has 7 heteroatoms. The van der Waals surface area contributed by atoms with Crippen molar-refractivity contribution in [3.63, 3.8) is 0 Å². The Kier molecular flexibility index (Phi) is 4.99. The van der Waals surface area contributed by atoms with E-state index >= 15 is 0 Å². The molecule has 2 aliphatic heterocycles. The van der Waals surface area contributed by atoms with Crippen LogP contribution in [0.1, 0.15) is 34.3 Å². The van der Waals surface area contributed by atoms with Crippen LogP contribution in [0.4, 0.5) is 4.79 Å². The number of piperidine rings is 1. The SMILES string of the molecule is CN(C)C(=O)N1CCc2c(cncc2C(=O)NC2CCNCC2)C1. The fraction of sp³-hybridized carbons (Fsp3) is 0.588. The van der Waals surface area contributed by atoms with Crippen molar-refractivity contribution in [1.82, 2.24) is 25.4 Å². The van der Waals surface area contributed by atoms with Crippen LogP contribution in [0.5, 0.6) is 0 Å². The molecule has 0 radical (unpaired) electrons. The molecule has 1 fully saturated rings. The van der Waals surface area contributed by atoms with E-state index in [0.717, 1.165) is 37.1 Å². The van der Waals surface area contributed by atoms with Crippen molar-refractivity contribution >= 4 is 11.9 Å². The van der Waals surface area contributed by atoms with Crippen LogP contribution in [0.25, 0.3) is 0 Å². The van der Waals surface area contributed by atoms with E-state index in [0.29, 0.717) is 25.1 Å². The maximum absolute atomic E-state index is 12.6. The number of hydrogen-bond donors (Lipinski definition) is 2. The summed E-state index contributed by atoms with van der Waals surface area (Å²) in [6, 6.07) is 0.218. The average molecular weight is 331 g/mol. The van der Waals surface area contributed by atoms with Crippen LogP contribution in [0.3, 0.4) is 0 Å². The Morgan fingerprint density at radius 1 is 1.29 bits per heavy atom. The van der Waals surface area contributed by atoms with Crippen LogP contribution in [-0.4, -0.2) is 66.5 Å². The van der Waals surface area contributed by atoms with Gasteiger partial charge in [0, 0.05) is 45.6 Å². The number of carbonyl (C=O) groups excluding carboxylic acids is 2. The number of fused-ring (bicyclic) bond motifs is 1. The molecule has 2 aliphatic rings. The van der Waals surface area contributed by atoms with Gasteiger partial charge in [-0.3, -0.25) is 9.78 Å². The summed E-state index contributed by atoms with van der Waals surface area (Å²) in [5, 5.41) is 6.43. The maximum atomic E-state index is 12.6. The summed E-state index contributed by atoms with van der Waals surface area (Å²) in [5.74, 6) is -0.0429. The predicted molar refractivity (Wildman–Crippen MR) is 90.8 cm³/mol. The van der Waals surface area contributed by atoms with Gasteiger partial charge in [-0.25, -0.2) is 4.79 Å². The Labute approximate surface area is 142 Å². The minimum Gasteiger partial charge on any atom is -0.349 e. The summed E-state index contributed by atoms with van der Waals surface area (Å²) in [5.41, 5.74) is 2.65. The summed E-state index contributed by atoms with van der Waals surface area (Å²) in [6.45, 7) is 3.02. The highest BCUT2D eigenvalue weighted by Crippen LogP contribution is 2.22. The summed E-state index contributed by atoms with van der Waals surface area (Å²) in [7, 11) is 3.50. The van der Waals surface area contributed by atoms with Gasteiger partial charge in [0.15, 0.2) is 0 Å². The molecule has 3 heterocycles. The molecular weight excluding hydrogens is 306 g/mol. The van der Waals surface area contributed by atoms with Crippen molar-refractivity contribution in [3.8, 4) is 0 Å². The summed E-state index contributed by atoms with van der Waals surface area (Å²) >= 11 is 0. The molecule has 0 bridgehead atoms. The van der Waals surface area contributed by atoms with E-state index < -0.39 is 0 Å². The van der Waals surface area contributed by atoms with E-state index in [1.165, 1.54) is 0 Å². The first-order chi connectivity index (χ1) is 11.6. The Hall–Kier alpha value is -2.15. The number of carbonyl (C=O) groups is 2. The third kappa shape index (κ3) is 3.51. The fourth-order valence-corrected chi connectivity index (χ4v) is 3.36. The van der Waals surface area contributed by atoms with E-state index in [-0.39, 0.29) is 18.0 Å². The highest BCUT2D eigenvalue weighted by atomic mass is 16.2. The number of hydrogen-bond acceptors (Lipinski definition) is 4. The lowest BCUT2D eigenvalue weighted by Gasteiger charge is -2.32. The number of pyridine rings is 1. The average Bonchev–Trinajstić information content (AvgIpc) is 2.60. The zero-order valence-electron chi connectivity index (χ0n) is 14.3. The van der Waals surface area contributed by atoms with Crippen LogP contribution in [0.2, 0.25) is 0 Å². The van der Waals surface area contributed by atoms with Gasteiger partial charge < -0.3 is 20.4 Å². The molecule has 0 saturated carbocycles. The Morgan fingerprint density at radius 3 is 2.75 bits per heavy atom. The largest absolute Gasteiger partial charge is 0.349 e. The molecule has 1 aromatic rings. The van der Waals surface area contributed by atoms with Crippen molar-refractivity contribution in [2.45, 2.75) is 31.8 Å². The van der Waals surface area contributed by atoms with Crippen LogP contribution in [0.15, 0.2) is 12.4 Å². The van der Waals surface area contributed by atoms with Crippen molar-refractivity contribution in [2.75, 3.05) is 33.7 Å². The molecule has 0 spiro atoms. The summed E-state index contributed by atoms with van der Waals surface area (Å²) in [6.07, 6.45) is 6.02. The molecule has 1 aromatic heterocycles. The third-order valence-corrected chi connectivity index (χ3v) is 4.71. The Bertz CT molecular complexity index is 625. The van der Waals surface area contributed by atoms with Crippen molar-refractivity contribution in [2.24, 2.45) is 0 Å². The van der Waals surface area contributed by atoms with Gasteiger partial charge in [0.05, 0.1) is 5.56 Å². The minimum absolute atomic E-state index is 0.00906. The number of rotatable bonds is 2. The first kappa shape index (κ1) is 16.7. The van der Waals surface area contributed by atoms with Gasteiger partial charge in [-0.15, -0.1) is 0 Å². The topological polar surface area (TPSA) is 77.6 Å². The normalized spacial score (nSPS) is 18.0. The highest BCUT2D eigenvalue weighted by Gasteiger charge is 2.26.